The van der Waals surface area contributed by atoms with E-state index in [0.29, 0.717) is 21.1 Å². The summed E-state index contributed by atoms with van der Waals surface area (Å²) in [4.78, 5) is 0.758. The number of phenolic OH excluding ortho intramolecular Hbond substituents is 1. The summed E-state index contributed by atoms with van der Waals surface area (Å²) < 4.78 is 5.04. The molecule has 4 nitrogen and oxygen atoms in total. The van der Waals surface area contributed by atoms with Gasteiger partial charge in [0.15, 0.2) is 0 Å². The van der Waals surface area contributed by atoms with E-state index in [1.807, 2.05) is 30.3 Å². The van der Waals surface area contributed by atoms with Gasteiger partial charge in [0.05, 0.1) is 14.4 Å². The topological polar surface area (TPSA) is 56.6 Å². The second-order valence-electron chi connectivity index (χ2n) is 4.04. The number of phenols is 1. The first-order valence-electron chi connectivity index (χ1n) is 5.70. The van der Waals surface area contributed by atoms with Gasteiger partial charge in [-0.3, -0.25) is 0 Å². The SMILES string of the molecule is Oc1cc(Cl)c(Br)c2c1NC(Nc1ccccc1)=NS2. The molecule has 102 valence electrons. The van der Waals surface area contributed by atoms with Gasteiger partial charge in [-0.25, -0.2) is 0 Å². The molecule has 0 atom stereocenters. The normalized spacial score (nSPS) is 13.2. The average molecular weight is 371 g/mol. The number of rotatable bonds is 1. The lowest BCUT2D eigenvalue weighted by molar-refractivity contribution is 0.476. The van der Waals surface area contributed by atoms with Crippen molar-refractivity contribution in [3.8, 4) is 5.75 Å². The zero-order chi connectivity index (χ0) is 14.1. The molecule has 0 unspecified atom stereocenters. The summed E-state index contributed by atoms with van der Waals surface area (Å²) in [6.45, 7) is 0. The number of hydrogen-bond donors (Lipinski definition) is 3. The number of hydrogen-bond acceptors (Lipinski definition) is 5. The van der Waals surface area contributed by atoms with Crippen LogP contribution in [0.3, 0.4) is 0 Å². The van der Waals surface area contributed by atoms with E-state index < -0.39 is 0 Å². The molecule has 0 aliphatic carbocycles. The van der Waals surface area contributed by atoms with E-state index in [2.05, 4.69) is 31.0 Å². The van der Waals surface area contributed by atoms with Crippen LogP contribution in [0.5, 0.6) is 5.75 Å². The molecule has 0 spiro atoms. The van der Waals surface area contributed by atoms with Crippen LogP contribution >= 0.6 is 39.5 Å². The molecule has 2 aromatic carbocycles. The highest BCUT2D eigenvalue weighted by Gasteiger charge is 2.21. The molecule has 1 aliphatic rings. The third kappa shape index (κ3) is 2.59. The third-order valence-corrected chi connectivity index (χ3v) is 5.14. The Balaban J connectivity index is 1.88. The van der Waals surface area contributed by atoms with Crippen molar-refractivity contribution in [1.82, 2.24) is 0 Å². The van der Waals surface area contributed by atoms with Gasteiger partial charge < -0.3 is 15.7 Å². The van der Waals surface area contributed by atoms with Crippen LogP contribution in [0.15, 0.2) is 50.2 Å². The van der Waals surface area contributed by atoms with E-state index in [9.17, 15) is 5.11 Å². The third-order valence-electron chi connectivity index (χ3n) is 2.66. The molecule has 20 heavy (non-hydrogen) atoms. The first kappa shape index (κ1) is 13.6. The number of aromatic hydroxyl groups is 1. The standard InChI is InChI=1S/C13H9BrClN3OS/c14-10-8(15)6-9(19)11-12(10)20-18-13(17-11)16-7-4-2-1-3-5-7/h1-6,19H,(H2,16,17,18). The van der Waals surface area contributed by atoms with Crippen molar-refractivity contribution in [1.29, 1.82) is 0 Å². The molecule has 1 heterocycles. The molecule has 2 aromatic rings. The van der Waals surface area contributed by atoms with Crippen molar-refractivity contribution in [3.05, 3.63) is 45.9 Å². The summed E-state index contributed by atoms with van der Waals surface area (Å²) in [5.74, 6) is 0.640. The predicted molar refractivity (Wildman–Crippen MR) is 87.8 cm³/mol. The van der Waals surface area contributed by atoms with Crippen molar-refractivity contribution in [2.24, 2.45) is 4.40 Å². The Morgan fingerprint density at radius 2 is 2.05 bits per heavy atom. The Hall–Kier alpha value is -1.37. The number of nitrogens with one attached hydrogen (secondary N) is 2. The highest BCUT2D eigenvalue weighted by Crippen LogP contribution is 2.46. The fourth-order valence-corrected chi connectivity index (χ4v) is 3.24. The van der Waals surface area contributed by atoms with Crippen molar-refractivity contribution in [2.45, 2.75) is 4.90 Å². The second kappa shape index (κ2) is 5.55. The van der Waals surface area contributed by atoms with E-state index >= 15 is 0 Å². The van der Waals surface area contributed by atoms with E-state index in [4.69, 9.17) is 11.6 Å². The number of fused-ring (bicyclic) bond motifs is 1. The first-order valence-corrected chi connectivity index (χ1v) is 7.64. The molecular weight excluding hydrogens is 362 g/mol. The summed E-state index contributed by atoms with van der Waals surface area (Å²) >= 11 is 10.6. The predicted octanol–water partition coefficient (Wildman–Crippen LogP) is 4.71. The van der Waals surface area contributed by atoms with Crippen LogP contribution in [0.4, 0.5) is 11.4 Å². The van der Waals surface area contributed by atoms with Gasteiger partial charge in [0.2, 0.25) is 5.96 Å². The molecule has 0 amide bonds. The molecule has 3 rings (SSSR count). The monoisotopic (exact) mass is 369 g/mol. The lowest BCUT2D eigenvalue weighted by atomic mass is 10.3. The molecule has 7 heteroatoms. The summed E-state index contributed by atoms with van der Waals surface area (Å²) in [7, 11) is 0. The number of nitrogens with zero attached hydrogens (tertiary/aromatic N) is 1. The van der Waals surface area contributed by atoms with Crippen molar-refractivity contribution in [2.75, 3.05) is 10.6 Å². The minimum Gasteiger partial charge on any atom is -0.506 e. The Kier molecular flexibility index (Phi) is 3.78. The molecule has 3 N–H and O–H groups in total. The molecular formula is C13H9BrClN3OS. The average Bonchev–Trinajstić information content (AvgIpc) is 2.46. The van der Waals surface area contributed by atoms with Gasteiger partial charge in [-0.2, -0.15) is 4.40 Å². The van der Waals surface area contributed by atoms with E-state index in [-0.39, 0.29) is 5.75 Å². The van der Waals surface area contributed by atoms with Crippen LogP contribution in [0.2, 0.25) is 5.02 Å². The van der Waals surface area contributed by atoms with Gasteiger partial charge in [0, 0.05) is 23.7 Å². The molecule has 0 fully saturated rings. The molecule has 0 radical (unpaired) electrons. The number of anilines is 2. The van der Waals surface area contributed by atoms with Gasteiger partial charge in [-0.1, -0.05) is 29.8 Å². The van der Waals surface area contributed by atoms with Crippen LogP contribution in [0.25, 0.3) is 0 Å². The minimum absolute atomic E-state index is 0.0861. The van der Waals surface area contributed by atoms with Crippen LogP contribution in [-0.2, 0) is 0 Å². The van der Waals surface area contributed by atoms with Crippen molar-refractivity contribution in [3.63, 3.8) is 0 Å². The Morgan fingerprint density at radius 3 is 2.80 bits per heavy atom. The van der Waals surface area contributed by atoms with Gasteiger partial charge in [0.25, 0.3) is 0 Å². The fourth-order valence-electron chi connectivity index (χ4n) is 1.74. The molecule has 1 aliphatic heterocycles. The Bertz CT molecular complexity index is 694. The van der Waals surface area contributed by atoms with Crippen LogP contribution in [0.1, 0.15) is 0 Å². The zero-order valence-electron chi connectivity index (χ0n) is 10.0. The van der Waals surface area contributed by atoms with Gasteiger partial charge in [0.1, 0.15) is 11.4 Å². The summed E-state index contributed by atoms with van der Waals surface area (Å²) in [6, 6.07) is 11.2. The Morgan fingerprint density at radius 1 is 1.30 bits per heavy atom. The summed E-state index contributed by atoms with van der Waals surface area (Å²) in [6.07, 6.45) is 0. The summed E-state index contributed by atoms with van der Waals surface area (Å²) in [5.41, 5.74) is 1.50. The number of benzene rings is 2. The smallest absolute Gasteiger partial charge is 0.212 e. The lowest BCUT2D eigenvalue weighted by Gasteiger charge is -2.20. The number of para-hydroxylation sites is 1. The number of guanidine groups is 1. The van der Waals surface area contributed by atoms with Gasteiger partial charge in [-0.15, -0.1) is 0 Å². The molecule has 0 saturated heterocycles. The Labute approximate surface area is 133 Å². The van der Waals surface area contributed by atoms with E-state index in [1.165, 1.54) is 18.0 Å². The number of halogens is 2. The molecule has 0 bridgehead atoms. The molecule has 0 saturated carbocycles. The maximum absolute atomic E-state index is 9.98. The largest absolute Gasteiger partial charge is 0.506 e. The minimum atomic E-state index is 0.0861. The molecule has 0 aromatic heterocycles. The van der Waals surface area contributed by atoms with E-state index in [1.54, 1.807) is 0 Å². The van der Waals surface area contributed by atoms with E-state index in [0.717, 1.165) is 10.6 Å². The van der Waals surface area contributed by atoms with Crippen LogP contribution < -0.4 is 10.6 Å². The second-order valence-corrected chi connectivity index (χ2v) is 6.02. The van der Waals surface area contributed by atoms with Crippen molar-refractivity contribution >= 4 is 56.8 Å². The summed E-state index contributed by atoms with van der Waals surface area (Å²) in [5, 5.41) is 16.6. The van der Waals surface area contributed by atoms with Crippen LogP contribution in [-0.4, -0.2) is 11.1 Å². The van der Waals surface area contributed by atoms with Crippen LogP contribution in [0, 0.1) is 0 Å². The lowest BCUT2D eigenvalue weighted by Crippen LogP contribution is -2.23. The highest BCUT2D eigenvalue weighted by atomic mass is 79.9. The van der Waals surface area contributed by atoms with Gasteiger partial charge >= 0.3 is 0 Å². The quantitative estimate of drug-likeness (QED) is 0.503. The zero-order valence-corrected chi connectivity index (χ0v) is 13.2. The fraction of sp³-hybridized carbons (Fsp3) is 0. The highest BCUT2D eigenvalue weighted by molar-refractivity contribution is 9.10. The maximum Gasteiger partial charge on any atom is 0.212 e. The van der Waals surface area contributed by atoms with Gasteiger partial charge in [-0.05, 0) is 28.1 Å². The maximum atomic E-state index is 9.98. The first-order chi connectivity index (χ1) is 9.65. The van der Waals surface area contributed by atoms with Crippen molar-refractivity contribution < 1.29 is 5.11 Å².